The lowest BCUT2D eigenvalue weighted by atomic mass is 9.66. The van der Waals surface area contributed by atoms with E-state index in [0.717, 1.165) is 17.9 Å². The normalized spacial score (nSPS) is 14.6. The second kappa shape index (κ2) is 5.59. The van der Waals surface area contributed by atoms with E-state index in [-0.39, 0.29) is 5.41 Å². The molecule has 0 N–H and O–H groups in total. The first-order chi connectivity index (χ1) is 13.8. The molecule has 0 saturated heterocycles. The molecule has 0 unspecified atom stereocenters. The molecule has 1 heteroatoms. The van der Waals surface area contributed by atoms with Crippen molar-refractivity contribution in [1.29, 1.82) is 0 Å². The molecular weight excluding hydrogens is 340 g/mol. The third-order valence-electron chi connectivity index (χ3n) is 6.32. The van der Waals surface area contributed by atoms with Gasteiger partial charge in [-0.15, -0.1) is 0 Å². The Labute approximate surface area is 165 Å². The summed E-state index contributed by atoms with van der Waals surface area (Å²) in [5.41, 5.74) is 8.83. The van der Waals surface area contributed by atoms with Gasteiger partial charge in [-0.3, -0.25) is 0 Å². The maximum absolute atomic E-state index is 6.39. The fraction of sp³-hybridized carbons (Fsp3) is 0.111. The van der Waals surface area contributed by atoms with Crippen LogP contribution in [0.4, 0.5) is 0 Å². The molecule has 0 fully saturated rings. The minimum absolute atomic E-state index is 0.331. The van der Waals surface area contributed by atoms with E-state index in [1.807, 2.05) is 0 Å². The Kier molecular flexibility index (Phi) is 3.14. The van der Waals surface area contributed by atoms with Crippen LogP contribution in [-0.2, 0) is 11.8 Å². The summed E-state index contributed by atoms with van der Waals surface area (Å²) in [7, 11) is 0. The summed E-state index contributed by atoms with van der Waals surface area (Å²) in [6, 6.07) is 32.9. The van der Waals surface area contributed by atoms with E-state index >= 15 is 0 Å². The highest BCUT2D eigenvalue weighted by Crippen LogP contribution is 2.61. The van der Waals surface area contributed by atoms with Crippen molar-refractivity contribution in [2.45, 2.75) is 18.8 Å². The zero-order chi connectivity index (χ0) is 18.7. The predicted octanol–water partition coefficient (Wildman–Crippen LogP) is 6.72. The molecule has 1 nitrogen and oxygen atoms in total. The Morgan fingerprint density at radius 2 is 1.18 bits per heavy atom. The molecule has 4 aromatic carbocycles. The summed E-state index contributed by atoms with van der Waals surface area (Å²) in [5.74, 6) is 1.91. The van der Waals surface area contributed by atoms with E-state index in [4.69, 9.17) is 4.74 Å². The van der Waals surface area contributed by atoms with E-state index in [1.54, 1.807) is 0 Å². The van der Waals surface area contributed by atoms with Gasteiger partial charge in [0.15, 0.2) is 0 Å². The molecule has 1 aliphatic carbocycles. The Balaban J connectivity index is 1.84. The van der Waals surface area contributed by atoms with Crippen LogP contribution in [0.15, 0.2) is 91.0 Å². The van der Waals surface area contributed by atoms with Crippen molar-refractivity contribution in [3.8, 4) is 22.6 Å². The van der Waals surface area contributed by atoms with Gasteiger partial charge in [0.2, 0.25) is 0 Å². The first kappa shape index (κ1) is 15.7. The highest BCUT2D eigenvalue weighted by atomic mass is 16.5. The zero-order valence-corrected chi connectivity index (χ0v) is 15.8. The number of rotatable bonds is 1. The first-order valence-electron chi connectivity index (χ1n) is 9.94. The fourth-order valence-electron chi connectivity index (χ4n) is 5.12. The summed E-state index contributed by atoms with van der Waals surface area (Å²) < 4.78 is 6.39. The number of aryl methyl sites for hydroxylation is 1. The van der Waals surface area contributed by atoms with E-state index < -0.39 is 0 Å². The van der Waals surface area contributed by atoms with Crippen molar-refractivity contribution in [2.24, 2.45) is 0 Å². The van der Waals surface area contributed by atoms with E-state index in [1.165, 1.54) is 38.9 Å². The molecule has 0 aromatic heterocycles. The number of ether oxygens (including phenoxy) is 1. The fourth-order valence-corrected chi connectivity index (χ4v) is 5.12. The van der Waals surface area contributed by atoms with Crippen molar-refractivity contribution >= 4 is 0 Å². The van der Waals surface area contributed by atoms with Crippen LogP contribution in [0.5, 0.6) is 11.5 Å². The SMILES string of the molecule is CCc1ccc2c(c1)C1(c3ccccc3O2)c2ccccc2-c2ccccc21. The minimum Gasteiger partial charge on any atom is -0.457 e. The molecule has 0 atom stereocenters. The summed E-state index contributed by atoms with van der Waals surface area (Å²) in [6.45, 7) is 2.21. The molecule has 0 radical (unpaired) electrons. The molecule has 1 aliphatic heterocycles. The molecule has 6 rings (SSSR count). The van der Waals surface area contributed by atoms with Gasteiger partial charge in [-0.1, -0.05) is 85.8 Å². The van der Waals surface area contributed by atoms with Gasteiger partial charge in [0.1, 0.15) is 11.5 Å². The average Bonchev–Trinajstić information content (AvgIpc) is 3.05. The Morgan fingerprint density at radius 3 is 1.86 bits per heavy atom. The number of hydrogen-bond donors (Lipinski definition) is 0. The third kappa shape index (κ3) is 1.81. The summed E-state index contributed by atoms with van der Waals surface area (Å²) in [6.07, 6.45) is 1.01. The van der Waals surface area contributed by atoms with E-state index in [2.05, 4.69) is 97.9 Å². The van der Waals surface area contributed by atoms with Crippen LogP contribution >= 0.6 is 0 Å². The second-order valence-corrected chi connectivity index (χ2v) is 7.62. The monoisotopic (exact) mass is 360 g/mol. The van der Waals surface area contributed by atoms with Crippen LogP contribution in [-0.4, -0.2) is 0 Å². The van der Waals surface area contributed by atoms with Crippen molar-refractivity contribution in [1.82, 2.24) is 0 Å². The quantitative estimate of drug-likeness (QED) is 0.316. The summed E-state index contributed by atoms with van der Waals surface area (Å²) in [5, 5.41) is 0. The molecule has 0 bridgehead atoms. The maximum atomic E-state index is 6.39. The van der Waals surface area contributed by atoms with Crippen LogP contribution in [0.3, 0.4) is 0 Å². The van der Waals surface area contributed by atoms with Gasteiger partial charge in [0, 0.05) is 11.1 Å². The molecule has 4 aromatic rings. The molecule has 134 valence electrons. The number of hydrogen-bond acceptors (Lipinski definition) is 1. The van der Waals surface area contributed by atoms with Crippen LogP contribution in [0, 0.1) is 0 Å². The smallest absolute Gasteiger partial charge is 0.132 e. The number of benzene rings is 4. The minimum atomic E-state index is -0.331. The Morgan fingerprint density at radius 1 is 0.607 bits per heavy atom. The molecule has 1 spiro atoms. The second-order valence-electron chi connectivity index (χ2n) is 7.62. The summed E-state index contributed by atoms with van der Waals surface area (Å²) in [4.78, 5) is 0. The van der Waals surface area contributed by atoms with Crippen LogP contribution in [0.2, 0.25) is 0 Å². The number of para-hydroxylation sites is 1. The average molecular weight is 360 g/mol. The molecule has 0 saturated carbocycles. The van der Waals surface area contributed by atoms with E-state index in [0.29, 0.717) is 0 Å². The molecule has 28 heavy (non-hydrogen) atoms. The predicted molar refractivity (Wildman–Crippen MR) is 113 cm³/mol. The van der Waals surface area contributed by atoms with Gasteiger partial charge < -0.3 is 4.74 Å². The van der Waals surface area contributed by atoms with Gasteiger partial charge in [-0.25, -0.2) is 0 Å². The van der Waals surface area contributed by atoms with E-state index in [9.17, 15) is 0 Å². The van der Waals surface area contributed by atoms with Gasteiger partial charge in [-0.05, 0) is 46.4 Å². The Bertz CT molecular complexity index is 1190. The standard InChI is InChI=1S/C27H20O/c1-2-18-15-16-26-24(17-18)27(23-13-7-8-14-25(23)28-26)21-11-5-3-9-19(21)20-10-4-6-12-22(20)27/h3-17H,2H2,1H3. The molecular formula is C27H20O. The maximum Gasteiger partial charge on any atom is 0.132 e. The third-order valence-corrected chi connectivity index (χ3v) is 6.32. The largest absolute Gasteiger partial charge is 0.457 e. The topological polar surface area (TPSA) is 9.23 Å². The highest BCUT2D eigenvalue weighted by Gasteiger charge is 2.50. The Hall–Kier alpha value is -3.32. The first-order valence-corrected chi connectivity index (χ1v) is 9.94. The number of fused-ring (bicyclic) bond motifs is 9. The van der Waals surface area contributed by atoms with Gasteiger partial charge in [0.05, 0.1) is 5.41 Å². The molecule has 1 heterocycles. The van der Waals surface area contributed by atoms with Crippen LogP contribution in [0.25, 0.3) is 11.1 Å². The van der Waals surface area contributed by atoms with Gasteiger partial charge >= 0.3 is 0 Å². The van der Waals surface area contributed by atoms with Crippen LogP contribution < -0.4 is 4.74 Å². The van der Waals surface area contributed by atoms with Crippen LogP contribution in [0.1, 0.15) is 34.7 Å². The summed E-state index contributed by atoms with van der Waals surface area (Å²) >= 11 is 0. The van der Waals surface area contributed by atoms with Crippen molar-refractivity contribution in [3.05, 3.63) is 119 Å². The molecule has 2 aliphatic rings. The lowest BCUT2D eigenvalue weighted by molar-refractivity contribution is 0.436. The lowest BCUT2D eigenvalue weighted by Crippen LogP contribution is -2.32. The highest BCUT2D eigenvalue weighted by molar-refractivity contribution is 5.88. The zero-order valence-electron chi connectivity index (χ0n) is 15.8. The van der Waals surface area contributed by atoms with Crippen molar-refractivity contribution < 1.29 is 4.74 Å². The van der Waals surface area contributed by atoms with Crippen molar-refractivity contribution in [3.63, 3.8) is 0 Å². The molecule has 0 amide bonds. The lowest BCUT2D eigenvalue weighted by Gasteiger charge is -2.39. The van der Waals surface area contributed by atoms with Gasteiger partial charge in [-0.2, -0.15) is 0 Å². The van der Waals surface area contributed by atoms with Gasteiger partial charge in [0.25, 0.3) is 0 Å². The van der Waals surface area contributed by atoms with Crippen molar-refractivity contribution in [2.75, 3.05) is 0 Å².